The van der Waals surface area contributed by atoms with Gasteiger partial charge in [0, 0.05) is 28.5 Å². The topological polar surface area (TPSA) is 101 Å². The van der Waals surface area contributed by atoms with Crippen LogP contribution in [0.2, 0.25) is 0 Å². The van der Waals surface area contributed by atoms with Crippen molar-refractivity contribution in [2.45, 2.75) is 47.8 Å². The van der Waals surface area contributed by atoms with Gasteiger partial charge in [0.25, 0.3) is 5.91 Å². The molecule has 0 atom stereocenters. The van der Waals surface area contributed by atoms with Gasteiger partial charge in [-0.3, -0.25) is 4.79 Å². The molecule has 6 nitrogen and oxygen atoms in total. The highest BCUT2D eigenvalue weighted by molar-refractivity contribution is 7.99. The number of anilines is 1. The molecule has 0 aliphatic heterocycles. The first kappa shape index (κ1) is 20.4. The van der Waals surface area contributed by atoms with E-state index in [1.54, 1.807) is 30.0 Å². The zero-order valence-corrected chi connectivity index (χ0v) is 17.3. The third-order valence-electron chi connectivity index (χ3n) is 5.37. The van der Waals surface area contributed by atoms with Gasteiger partial charge in [0.1, 0.15) is 5.75 Å². The van der Waals surface area contributed by atoms with Gasteiger partial charge >= 0.3 is 0 Å². The van der Waals surface area contributed by atoms with Gasteiger partial charge in [-0.05, 0) is 80.3 Å². The first-order valence-corrected chi connectivity index (χ1v) is 10.8. The number of benzene rings is 2. The molecular formula is C23H25N3O3S. The molecular weight excluding hydrogens is 398 g/mol. The number of nitrogens with two attached hydrogens (primary N) is 1. The number of aromatic hydroxyl groups is 1. The molecule has 4 rings (SSSR count). The molecule has 1 amide bonds. The monoisotopic (exact) mass is 423 g/mol. The Morgan fingerprint density at radius 3 is 2.50 bits per heavy atom. The van der Waals surface area contributed by atoms with Crippen molar-refractivity contribution < 1.29 is 15.0 Å². The number of nitrogens with one attached hydrogen (secondary N) is 1. The summed E-state index contributed by atoms with van der Waals surface area (Å²) < 4.78 is 2.05. The van der Waals surface area contributed by atoms with Crippen LogP contribution in [-0.4, -0.2) is 32.8 Å². The van der Waals surface area contributed by atoms with Gasteiger partial charge in [0.2, 0.25) is 0 Å². The Hall–Kier alpha value is -2.90. The molecule has 0 spiro atoms. The largest absolute Gasteiger partial charge is 0.508 e. The van der Waals surface area contributed by atoms with E-state index in [2.05, 4.69) is 9.88 Å². The molecule has 3 aromatic rings. The average Bonchev–Trinajstić information content (AvgIpc) is 3.19. The van der Waals surface area contributed by atoms with Crippen LogP contribution >= 0.6 is 11.8 Å². The zero-order chi connectivity index (χ0) is 21.1. The van der Waals surface area contributed by atoms with Crippen LogP contribution in [0.1, 0.15) is 36.0 Å². The number of phenolic OH excluding ortho intramolecular Hbond substituents is 1. The molecule has 0 saturated heterocycles. The summed E-state index contributed by atoms with van der Waals surface area (Å²) in [4.78, 5) is 13.0. The number of aliphatic hydroxyl groups is 1. The zero-order valence-electron chi connectivity index (χ0n) is 16.5. The van der Waals surface area contributed by atoms with Crippen LogP contribution in [0.15, 0.2) is 70.7 Å². The Morgan fingerprint density at radius 1 is 1.07 bits per heavy atom. The van der Waals surface area contributed by atoms with Crippen LogP contribution in [0.4, 0.5) is 5.69 Å². The fourth-order valence-electron chi connectivity index (χ4n) is 3.75. The number of amides is 1. The lowest BCUT2D eigenvalue weighted by molar-refractivity contribution is 0.100. The van der Waals surface area contributed by atoms with E-state index >= 15 is 0 Å². The van der Waals surface area contributed by atoms with Crippen LogP contribution in [-0.2, 0) is 0 Å². The summed E-state index contributed by atoms with van der Waals surface area (Å²) in [7, 11) is 0. The predicted molar refractivity (Wildman–Crippen MR) is 118 cm³/mol. The fourth-order valence-corrected chi connectivity index (χ4v) is 4.68. The van der Waals surface area contributed by atoms with Crippen molar-refractivity contribution in [2.24, 2.45) is 5.73 Å². The van der Waals surface area contributed by atoms with Gasteiger partial charge in [-0.1, -0.05) is 11.8 Å². The number of aromatic nitrogens is 1. The highest BCUT2D eigenvalue weighted by atomic mass is 32.2. The highest BCUT2D eigenvalue weighted by Gasteiger charge is 2.21. The summed E-state index contributed by atoms with van der Waals surface area (Å²) in [6.07, 6.45) is 4.97. The van der Waals surface area contributed by atoms with Crippen molar-refractivity contribution in [2.75, 3.05) is 5.32 Å². The Labute approximate surface area is 179 Å². The molecule has 0 radical (unpaired) electrons. The summed E-state index contributed by atoms with van der Waals surface area (Å²) in [6.45, 7) is 0. The highest BCUT2D eigenvalue weighted by Crippen LogP contribution is 2.32. The van der Waals surface area contributed by atoms with E-state index in [0.717, 1.165) is 47.0 Å². The molecule has 1 aliphatic carbocycles. The number of nitrogens with zero attached hydrogens (tertiary/aromatic N) is 1. The third-order valence-corrected chi connectivity index (χ3v) is 6.42. The molecule has 156 valence electrons. The standard InChI is InChI=1S/C23H25N3O3S/c24-23(29)20-12-5-16(14-21(20)25-15-3-6-17(27)7-4-15)26-13-1-2-22(26)30-19-10-8-18(28)9-11-19/h1-2,5,8-15,17,25,27-28H,3-4,6-7H2,(H2,24,29). The van der Waals surface area contributed by atoms with Crippen LogP contribution in [0, 0.1) is 0 Å². The lowest BCUT2D eigenvalue weighted by Crippen LogP contribution is -2.29. The Kier molecular flexibility index (Phi) is 6.01. The number of rotatable bonds is 6. The van der Waals surface area contributed by atoms with Crippen molar-refractivity contribution >= 4 is 23.4 Å². The van der Waals surface area contributed by atoms with E-state index < -0.39 is 5.91 Å². The molecule has 1 aliphatic rings. The first-order chi connectivity index (χ1) is 14.5. The molecule has 0 bridgehead atoms. The summed E-state index contributed by atoms with van der Waals surface area (Å²) in [6, 6.07) is 16.9. The molecule has 1 saturated carbocycles. The summed E-state index contributed by atoms with van der Waals surface area (Å²) in [5, 5.41) is 23.7. The van der Waals surface area contributed by atoms with Gasteiger partial charge in [-0.25, -0.2) is 0 Å². The Balaban J connectivity index is 1.61. The van der Waals surface area contributed by atoms with Crippen LogP contribution in [0.3, 0.4) is 0 Å². The van der Waals surface area contributed by atoms with Crippen molar-refractivity contribution in [3.8, 4) is 11.4 Å². The van der Waals surface area contributed by atoms with E-state index in [4.69, 9.17) is 5.73 Å². The number of primary amides is 1. The van der Waals surface area contributed by atoms with Gasteiger partial charge < -0.3 is 25.8 Å². The minimum absolute atomic E-state index is 0.206. The number of hydrogen-bond donors (Lipinski definition) is 4. The number of hydrogen-bond acceptors (Lipinski definition) is 5. The Bertz CT molecular complexity index is 1020. The summed E-state index contributed by atoms with van der Waals surface area (Å²) in [5.41, 5.74) is 7.71. The van der Waals surface area contributed by atoms with Crippen molar-refractivity contribution in [3.05, 3.63) is 66.4 Å². The second-order valence-electron chi connectivity index (χ2n) is 7.56. The SMILES string of the molecule is NC(=O)c1ccc(-n2cccc2Sc2ccc(O)cc2)cc1NC1CCC(O)CC1. The van der Waals surface area contributed by atoms with Crippen molar-refractivity contribution in [1.29, 1.82) is 0 Å². The Morgan fingerprint density at radius 2 is 1.80 bits per heavy atom. The van der Waals surface area contributed by atoms with Crippen LogP contribution in [0.5, 0.6) is 5.75 Å². The van der Waals surface area contributed by atoms with E-state index in [9.17, 15) is 15.0 Å². The number of carbonyl (C=O) groups is 1. The second-order valence-corrected chi connectivity index (χ2v) is 8.65. The van der Waals surface area contributed by atoms with Gasteiger partial charge in [0.05, 0.1) is 16.7 Å². The van der Waals surface area contributed by atoms with Gasteiger partial charge in [-0.2, -0.15) is 0 Å². The number of phenols is 1. The van der Waals surface area contributed by atoms with Crippen LogP contribution < -0.4 is 11.1 Å². The molecule has 0 unspecified atom stereocenters. The maximum Gasteiger partial charge on any atom is 0.250 e. The molecule has 1 fully saturated rings. The molecule has 5 N–H and O–H groups in total. The van der Waals surface area contributed by atoms with Gasteiger partial charge in [-0.15, -0.1) is 0 Å². The third kappa shape index (κ3) is 4.63. The van der Waals surface area contributed by atoms with Crippen molar-refractivity contribution in [3.63, 3.8) is 0 Å². The van der Waals surface area contributed by atoms with E-state index in [-0.39, 0.29) is 17.9 Å². The molecule has 7 heteroatoms. The van der Waals surface area contributed by atoms with E-state index in [1.807, 2.05) is 42.6 Å². The van der Waals surface area contributed by atoms with Gasteiger partial charge in [0.15, 0.2) is 0 Å². The van der Waals surface area contributed by atoms with E-state index in [0.29, 0.717) is 5.56 Å². The van der Waals surface area contributed by atoms with Crippen LogP contribution in [0.25, 0.3) is 5.69 Å². The summed E-state index contributed by atoms with van der Waals surface area (Å²) in [5.74, 6) is -0.228. The lowest BCUT2D eigenvalue weighted by atomic mass is 9.92. The minimum atomic E-state index is -0.467. The molecule has 2 aromatic carbocycles. The number of carbonyl (C=O) groups excluding carboxylic acids is 1. The first-order valence-electron chi connectivity index (χ1n) is 10.0. The summed E-state index contributed by atoms with van der Waals surface area (Å²) >= 11 is 1.59. The lowest BCUT2D eigenvalue weighted by Gasteiger charge is -2.28. The normalized spacial score (nSPS) is 18.8. The van der Waals surface area contributed by atoms with Crippen molar-refractivity contribution in [1.82, 2.24) is 4.57 Å². The fraction of sp³-hybridized carbons (Fsp3) is 0.261. The maximum atomic E-state index is 12.0. The molecule has 30 heavy (non-hydrogen) atoms. The quantitative estimate of drug-likeness (QED) is 0.477. The molecule has 1 heterocycles. The predicted octanol–water partition coefficient (Wildman–Crippen LogP) is 4.15. The maximum absolute atomic E-state index is 12.0. The number of aliphatic hydroxyl groups excluding tert-OH is 1. The molecule has 1 aromatic heterocycles. The smallest absolute Gasteiger partial charge is 0.250 e. The average molecular weight is 424 g/mol. The van der Waals surface area contributed by atoms with E-state index in [1.165, 1.54) is 0 Å². The second kappa shape index (κ2) is 8.85. The minimum Gasteiger partial charge on any atom is -0.508 e.